The molecule has 1 atom stereocenters. The first-order valence-electron chi connectivity index (χ1n) is 5.48. The molecule has 1 heterocycles. The van der Waals surface area contributed by atoms with Crippen molar-refractivity contribution >= 4 is 17.2 Å². The van der Waals surface area contributed by atoms with Gasteiger partial charge in [0.05, 0.1) is 12.3 Å². The van der Waals surface area contributed by atoms with Crippen LogP contribution in [0.15, 0.2) is 18.3 Å². The molecule has 1 rings (SSSR count). The van der Waals surface area contributed by atoms with E-state index in [1.807, 2.05) is 12.1 Å². The fourth-order valence-electron chi connectivity index (χ4n) is 1.52. The maximum absolute atomic E-state index is 5.56. The molecule has 0 aliphatic rings. The van der Waals surface area contributed by atoms with Crippen LogP contribution in [0.4, 0.5) is 0 Å². The van der Waals surface area contributed by atoms with Gasteiger partial charge in [-0.2, -0.15) is 0 Å². The molecule has 5 heteroatoms. The first-order valence-corrected chi connectivity index (χ1v) is 5.89. The molecule has 0 radical (unpaired) electrons. The Bertz CT molecular complexity index is 384. The van der Waals surface area contributed by atoms with Gasteiger partial charge in [-0.1, -0.05) is 12.2 Å². The van der Waals surface area contributed by atoms with Crippen molar-refractivity contribution in [2.45, 2.75) is 19.5 Å². The highest BCUT2D eigenvalue weighted by Crippen LogP contribution is 2.07. The first-order chi connectivity index (χ1) is 8.04. The number of pyridine rings is 1. The Morgan fingerprint density at radius 2 is 2.35 bits per heavy atom. The van der Waals surface area contributed by atoms with Gasteiger partial charge in [-0.3, -0.25) is 9.88 Å². The van der Waals surface area contributed by atoms with Gasteiger partial charge in [0.1, 0.15) is 4.99 Å². The quantitative estimate of drug-likeness (QED) is 0.772. The van der Waals surface area contributed by atoms with Gasteiger partial charge >= 0.3 is 0 Å². The summed E-state index contributed by atoms with van der Waals surface area (Å²) in [7, 11) is 3.77. The van der Waals surface area contributed by atoms with E-state index in [1.54, 1.807) is 13.3 Å². The Morgan fingerprint density at radius 1 is 1.65 bits per heavy atom. The Hall–Kier alpha value is -1.04. The van der Waals surface area contributed by atoms with E-state index in [2.05, 4.69) is 23.9 Å². The number of ether oxygens (including phenoxy) is 1. The molecule has 0 aliphatic carbocycles. The molecule has 0 saturated carbocycles. The van der Waals surface area contributed by atoms with Crippen LogP contribution in [0.2, 0.25) is 0 Å². The third-order valence-corrected chi connectivity index (χ3v) is 2.88. The van der Waals surface area contributed by atoms with Crippen LogP contribution in [0.3, 0.4) is 0 Å². The molecule has 0 amide bonds. The predicted molar refractivity (Wildman–Crippen MR) is 72.9 cm³/mol. The molecule has 1 unspecified atom stereocenters. The average molecular weight is 253 g/mol. The summed E-state index contributed by atoms with van der Waals surface area (Å²) in [6.07, 6.45) is 1.73. The van der Waals surface area contributed by atoms with Crippen molar-refractivity contribution in [3.63, 3.8) is 0 Å². The second-order valence-electron chi connectivity index (χ2n) is 4.13. The summed E-state index contributed by atoms with van der Waals surface area (Å²) in [6.45, 7) is 3.66. The van der Waals surface area contributed by atoms with Gasteiger partial charge in [0.2, 0.25) is 0 Å². The lowest BCUT2D eigenvalue weighted by Crippen LogP contribution is -2.32. The number of nitrogens with two attached hydrogens (primary N) is 1. The number of hydrogen-bond acceptors (Lipinski definition) is 4. The van der Waals surface area contributed by atoms with Crippen molar-refractivity contribution in [2.24, 2.45) is 5.73 Å². The maximum atomic E-state index is 5.56. The highest BCUT2D eigenvalue weighted by Gasteiger charge is 2.09. The van der Waals surface area contributed by atoms with Gasteiger partial charge < -0.3 is 10.5 Å². The highest BCUT2D eigenvalue weighted by atomic mass is 32.1. The highest BCUT2D eigenvalue weighted by molar-refractivity contribution is 7.80. The van der Waals surface area contributed by atoms with E-state index < -0.39 is 0 Å². The van der Waals surface area contributed by atoms with Gasteiger partial charge in [0.25, 0.3) is 0 Å². The molecule has 0 fully saturated rings. The van der Waals surface area contributed by atoms with Gasteiger partial charge in [0, 0.05) is 25.9 Å². The predicted octanol–water partition coefficient (Wildman–Crippen LogP) is 1.18. The van der Waals surface area contributed by atoms with Crippen molar-refractivity contribution in [3.8, 4) is 0 Å². The maximum Gasteiger partial charge on any atom is 0.122 e. The summed E-state index contributed by atoms with van der Waals surface area (Å²) in [4.78, 5) is 6.66. The van der Waals surface area contributed by atoms with Crippen LogP contribution >= 0.6 is 12.2 Å². The Balaban J connectivity index is 2.68. The molecule has 0 spiro atoms. The second-order valence-corrected chi connectivity index (χ2v) is 4.57. The molecule has 0 aromatic carbocycles. The summed E-state index contributed by atoms with van der Waals surface area (Å²) >= 11 is 4.91. The molecule has 0 saturated heterocycles. The van der Waals surface area contributed by atoms with E-state index in [9.17, 15) is 0 Å². The van der Waals surface area contributed by atoms with Crippen molar-refractivity contribution < 1.29 is 4.74 Å². The van der Waals surface area contributed by atoms with Crippen LogP contribution in [-0.2, 0) is 11.3 Å². The third-order valence-electron chi connectivity index (χ3n) is 2.67. The molecular weight excluding hydrogens is 234 g/mol. The minimum Gasteiger partial charge on any atom is -0.388 e. The molecular formula is C12H19N3OS. The van der Waals surface area contributed by atoms with Crippen LogP contribution in [0.25, 0.3) is 0 Å². The number of hydrogen-bond donors (Lipinski definition) is 1. The molecule has 1 aromatic rings. The number of thiocarbonyl (C=S) groups is 1. The van der Waals surface area contributed by atoms with Gasteiger partial charge in [0.15, 0.2) is 0 Å². The fourth-order valence-corrected chi connectivity index (χ4v) is 1.63. The van der Waals surface area contributed by atoms with E-state index in [0.717, 1.165) is 12.1 Å². The topological polar surface area (TPSA) is 51.4 Å². The summed E-state index contributed by atoms with van der Waals surface area (Å²) in [5.41, 5.74) is 7.37. The molecule has 0 aliphatic heterocycles. The van der Waals surface area contributed by atoms with E-state index in [-0.39, 0.29) is 0 Å². The van der Waals surface area contributed by atoms with Crippen LogP contribution in [0, 0.1) is 0 Å². The fraction of sp³-hybridized carbons (Fsp3) is 0.500. The van der Waals surface area contributed by atoms with Crippen LogP contribution < -0.4 is 5.73 Å². The number of aromatic nitrogens is 1. The molecule has 0 bridgehead atoms. The lowest BCUT2D eigenvalue weighted by Gasteiger charge is -2.24. The Morgan fingerprint density at radius 3 is 2.94 bits per heavy atom. The smallest absolute Gasteiger partial charge is 0.122 e. The zero-order valence-electron chi connectivity index (χ0n) is 10.5. The minimum atomic E-state index is 0.333. The largest absolute Gasteiger partial charge is 0.388 e. The monoisotopic (exact) mass is 253 g/mol. The van der Waals surface area contributed by atoms with Crippen molar-refractivity contribution in [1.29, 1.82) is 0 Å². The van der Waals surface area contributed by atoms with E-state index in [1.165, 1.54) is 0 Å². The lowest BCUT2D eigenvalue weighted by molar-refractivity contribution is 0.112. The molecule has 1 aromatic heterocycles. The molecule has 17 heavy (non-hydrogen) atoms. The normalized spacial score (nSPS) is 12.7. The summed E-state index contributed by atoms with van der Waals surface area (Å²) in [6, 6.07) is 4.26. The second kappa shape index (κ2) is 6.64. The number of methoxy groups -OCH3 is 1. The van der Waals surface area contributed by atoms with E-state index in [0.29, 0.717) is 23.3 Å². The van der Waals surface area contributed by atoms with Gasteiger partial charge in [-0.05, 0) is 31.7 Å². The van der Waals surface area contributed by atoms with E-state index in [4.69, 9.17) is 22.7 Å². The van der Waals surface area contributed by atoms with Crippen LogP contribution in [-0.4, -0.2) is 41.7 Å². The number of likely N-dealkylation sites (N-methyl/N-ethyl adjacent to an activating group) is 1. The number of rotatable bonds is 6. The van der Waals surface area contributed by atoms with Crippen molar-refractivity contribution in [3.05, 3.63) is 29.6 Å². The summed E-state index contributed by atoms with van der Waals surface area (Å²) in [5.74, 6) is 0. The average Bonchev–Trinajstić information content (AvgIpc) is 2.29. The Kier molecular flexibility index (Phi) is 5.47. The molecule has 94 valence electrons. The standard InChI is InChI=1S/C12H19N3OS/c1-9(8-16-3)15(2)7-10-4-5-14-11(6-10)12(13)17/h4-6,9H,7-8H2,1-3H3,(H2,13,17). The van der Waals surface area contributed by atoms with Gasteiger partial charge in [-0.25, -0.2) is 0 Å². The van der Waals surface area contributed by atoms with Crippen molar-refractivity contribution in [2.75, 3.05) is 20.8 Å². The van der Waals surface area contributed by atoms with Crippen LogP contribution in [0.1, 0.15) is 18.2 Å². The van der Waals surface area contributed by atoms with Crippen molar-refractivity contribution in [1.82, 2.24) is 9.88 Å². The zero-order valence-corrected chi connectivity index (χ0v) is 11.3. The number of nitrogens with zero attached hydrogens (tertiary/aromatic N) is 2. The molecule has 2 N–H and O–H groups in total. The third kappa shape index (κ3) is 4.38. The van der Waals surface area contributed by atoms with Crippen LogP contribution in [0.5, 0.6) is 0 Å². The lowest BCUT2D eigenvalue weighted by atomic mass is 10.2. The SMILES string of the molecule is COCC(C)N(C)Cc1ccnc(C(N)=S)c1. The van der Waals surface area contributed by atoms with E-state index >= 15 is 0 Å². The first kappa shape index (κ1) is 14.0. The van der Waals surface area contributed by atoms with Gasteiger partial charge in [-0.15, -0.1) is 0 Å². The minimum absolute atomic E-state index is 0.333. The Labute approximate surface area is 108 Å². The molecule has 4 nitrogen and oxygen atoms in total. The summed E-state index contributed by atoms with van der Waals surface area (Å²) < 4.78 is 5.13. The summed E-state index contributed by atoms with van der Waals surface area (Å²) in [5, 5.41) is 0. The zero-order chi connectivity index (χ0) is 12.8.